The first kappa shape index (κ1) is 27.7. The highest BCUT2D eigenvalue weighted by atomic mass is 32.2. The van der Waals surface area contributed by atoms with Crippen LogP contribution in [0, 0.1) is 12.8 Å². The summed E-state index contributed by atoms with van der Waals surface area (Å²) in [6.45, 7) is 6.62. The average molecular weight is 567 g/mol. The van der Waals surface area contributed by atoms with Gasteiger partial charge in [0.05, 0.1) is 6.61 Å². The van der Waals surface area contributed by atoms with E-state index in [1.807, 2.05) is 44.2 Å². The van der Waals surface area contributed by atoms with Crippen LogP contribution in [-0.2, 0) is 14.3 Å². The summed E-state index contributed by atoms with van der Waals surface area (Å²) in [7, 11) is 1.52. The smallest absolute Gasteiger partial charge is 0.248 e. The molecule has 2 aromatic heterocycles. The van der Waals surface area contributed by atoms with Crippen molar-refractivity contribution in [2.24, 2.45) is 5.92 Å². The van der Waals surface area contributed by atoms with E-state index in [1.165, 1.54) is 18.9 Å². The first-order chi connectivity index (χ1) is 19.4. The number of benzene rings is 1. The summed E-state index contributed by atoms with van der Waals surface area (Å²) in [6, 6.07) is 9.55. The van der Waals surface area contributed by atoms with Crippen LogP contribution in [0.1, 0.15) is 25.5 Å². The zero-order chi connectivity index (χ0) is 28.1. The molecule has 0 bridgehead atoms. The molecule has 3 aromatic rings. The number of anilines is 4. The molecule has 2 fully saturated rings. The molecule has 2 amide bonds. The Morgan fingerprint density at radius 3 is 2.50 bits per heavy atom. The van der Waals surface area contributed by atoms with Gasteiger partial charge in [-0.15, -0.1) is 0 Å². The van der Waals surface area contributed by atoms with Crippen LogP contribution >= 0.6 is 11.8 Å². The summed E-state index contributed by atoms with van der Waals surface area (Å²) in [5.41, 5.74) is 1.68. The van der Waals surface area contributed by atoms with Crippen LogP contribution < -0.4 is 20.3 Å². The van der Waals surface area contributed by atoms with E-state index < -0.39 is 0 Å². The molecule has 212 valence electrons. The fourth-order valence-corrected chi connectivity index (χ4v) is 5.08. The van der Waals surface area contributed by atoms with Gasteiger partial charge in [-0.25, -0.2) is 9.97 Å². The van der Waals surface area contributed by atoms with Crippen LogP contribution in [-0.4, -0.2) is 83.4 Å². The zero-order valence-corrected chi connectivity index (χ0v) is 23.7. The van der Waals surface area contributed by atoms with E-state index in [2.05, 4.69) is 25.7 Å². The molecular formula is C27H34N8O4S. The summed E-state index contributed by atoms with van der Waals surface area (Å²) in [5.74, 6) is 2.50. The Hall–Kier alpha value is -3.84. The maximum absolute atomic E-state index is 12.3. The largest absolute Gasteiger partial charge is 0.487 e. The highest BCUT2D eigenvalue weighted by Gasteiger charge is 2.30. The fourth-order valence-electron chi connectivity index (χ4n) is 4.33. The number of H-pyrrole nitrogens is 1. The van der Waals surface area contributed by atoms with Gasteiger partial charge in [-0.1, -0.05) is 0 Å². The number of aryl methyl sites for hydroxylation is 1. The number of hydrogen-bond donors (Lipinski definition) is 3. The molecule has 0 spiro atoms. The molecule has 1 saturated carbocycles. The fraction of sp³-hybridized carbons (Fsp3) is 0.444. The van der Waals surface area contributed by atoms with Crippen LogP contribution in [0.5, 0.6) is 5.75 Å². The second kappa shape index (κ2) is 12.6. The quantitative estimate of drug-likeness (QED) is 0.296. The normalized spacial score (nSPS) is 15.2. The van der Waals surface area contributed by atoms with Crippen molar-refractivity contribution in [1.82, 2.24) is 25.1 Å². The van der Waals surface area contributed by atoms with Gasteiger partial charge in [-0.05, 0) is 62.7 Å². The van der Waals surface area contributed by atoms with Crippen molar-refractivity contribution >= 4 is 46.7 Å². The predicted molar refractivity (Wildman–Crippen MR) is 152 cm³/mol. The number of methoxy groups -OCH3 is 1. The lowest BCUT2D eigenvalue weighted by Gasteiger charge is -2.36. The molecular weight excluding hydrogens is 532 g/mol. The lowest BCUT2D eigenvalue weighted by Crippen LogP contribution is -2.50. The lowest BCUT2D eigenvalue weighted by atomic mass is 10.3. The monoisotopic (exact) mass is 566 g/mol. The molecule has 1 aromatic carbocycles. The maximum Gasteiger partial charge on any atom is 0.248 e. The molecule has 12 nitrogen and oxygen atoms in total. The minimum atomic E-state index is -0.0286. The van der Waals surface area contributed by atoms with Gasteiger partial charge in [0.1, 0.15) is 6.61 Å². The van der Waals surface area contributed by atoms with E-state index in [9.17, 15) is 9.59 Å². The van der Waals surface area contributed by atoms with Crippen molar-refractivity contribution < 1.29 is 19.1 Å². The Balaban J connectivity index is 1.41. The number of nitrogens with one attached hydrogen (secondary N) is 3. The molecule has 3 heterocycles. The highest BCUT2D eigenvalue weighted by molar-refractivity contribution is 7.99. The van der Waals surface area contributed by atoms with Gasteiger partial charge in [-0.3, -0.25) is 14.7 Å². The SMILES string of the molecule is CCOc1c(Nc2cc(C)[nH]n2)nc(Sc2ccc(NC(=O)C3CC3)cc2)nc1N1CCN(C(=O)COC)CC1. The highest BCUT2D eigenvalue weighted by Crippen LogP contribution is 2.39. The molecule has 40 heavy (non-hydrogen) atoms. The third-order valence-corrected chi connectivity index (χ3v) is 7.42. The van der Waals surface area contributed by atoms with Crippen molar-refractivity contribution in [3.8, 4) is 5.75 Å². The number of piperazine rings is 1. The van der Waals surface area contributed by atoms with Crippen molar-refractivity contribution in [1.29, 1.82) is 0 Å². The van der Waals surface area contributed by atoms with Crippen molar-refractivity contribution in [3.05, 3.63) is 36.0 Å². The number of nitrogens with zero attached hydrogens (tertiary/aromatic N) is 5. The Bertz CT molecular complexity index is 1340. The van der Waals surface area contributed by atoms with Crippen LogP contribution in [0.15, 0.2) is 40.4 Å². The molecule has 3 N–H and O–H groups in total. The Kier molecular flexibility index (Phi) is 8.70. The first-order valence-electron chi connectivity index (χ1n) is 13.4. The van der Waals surface area contributed by atoms with Gasteiger partial charge >= 0.3 is 0 Å². The number of aromatic amines is 1. The number of rotatable bonds is 11. The van der Waals surface area contributed by atoms with Crippen LogP contribution in [0.2, 0.25) is 0 Å². The van der Waals surface area contributed by atoms with E-state index in [-0.39, 0.29) is 24.3 Å². The molecule has 1 saturated heterocycles. The van der Waals surface area contributed by atoms with E-state index >= 15 is 0 Å². The Morgan fingerprint density at radius 2 is 1.88 bits per heavy atom. The van der Waals surface area contributed by atoms with E-state index in [0.29, 0.717) is 61.1 Å². The Morgan fingerprint density at radius 1 is 1.12 bits per heavy atom. The lowest BCUT2D eigenvalue weighted by molar-refractivity contribution is -0.135. The number of hydrogen-bond acceptors (Lipinski definition) is 10. The van der Waals surface area contributed by atoms with Crippen molar-refractivity contribution in [2.45, 2.75) is 36.7 Å². The van der Waals surface area contributed by atoms with Crippen LogP contribution in [0.25, 0.3) is 0 Å². The molecule has 1 aliphatic heterocycles. The average Bonchev–Trinajstić information content (AvgIpc) is 3.73. The van der Waals surface area contributed by atoms with Gasteiger partial charge in [0, 0.05) is 61.5 Å². The standard InChI is InChI=1S/C27H34N8O4S/c1-4-39-23-24(29-21-15-17(2)32-33-21)30-27(31-25(23)35-13-11-34(12-14-35)22(36)16-38-3)40-20-9-7-19(8-10-20)28-26(37)18-5-6-18/h7-10,15,18H,4-6,11-14,16H2,1-3H3,(H,28,37)(H2,29,30,31,32,33). The maximum atomic E-state index is 12.3. The number of ether oxygens (including phenoxy) is 2. The first-order valence-corrected chi connectivity index (χ1v) is 14.2. The minimum Gasteiger partial charge on any atom is -0.487 e. The van der Waals surface area contributed by atoms with Gasteiger partial charge in [0.25, 0.3) is 0 Å². The second-order valence-corrected chi connectivity index (χ2v) is 10.7. The summed E-state index contributed by atoms with van der Waals surface area (Å²) in [4.78, 5) is 39.0. The number of carbonyl (C=O) groups is 2. The molecule has 0 radical (unpaired) electrons. The van der Waals surface area contributed by atoms with Gasteiger partial charge in [0.15, 0.2) is 22.6 Å². The van der Waals surface area contributed by atoms with Gasteiger partial charge in [-0.2, -0.15) is 5.10 Å². The number of carbonyl (C=O) groups excluding carboxylic acids is 2. The van der Waals surface area contributed by atoms with Gasteiger partial charge in [0.2, 0.25) is 17.6 Å². The van der Waals surface area contributed by atoms with Gasteiger partial charge < -0.3 is 29.9 Å². The van der Waals surface area contributed by atoms with E-state index in [0.717, 1.165) is 29.1 Å². The topological polar surface area (TPSA) is 138 Å². The Labute approximate surface area is 237 Å². The summed E-state index contributed by atoms with van der Waals surface area (Å²) in [5, 5.41) is 14.0. The predicted octanol–water partition coefficient (Wildman–Crippen LogP) is 3.45. The minimum absolute atomic E-state index is 0.0286. The number of aromatic nitrogens is 4. The van der Waals surface area contributed by atoms with E-state index in [4.69, 9.17) is 19.4 Å². The summed E-state index contributed by atoms with van der Waals surface area (Å²) >= 11 is 1.41. The molecule has 0 unspecified atom stereocenters. The van der Waals surface area contributed by atoms with Crippen molar-refractivity contribution in [3.63, 3.8) is 0 Å². The summed E-state index contributed by atoms with van der Waals surface area (Å²) in [6.07, 6.45) is 1.92. The number of amides is 2. The molecule has 5 rings (SSSR count). The van der Waals surface area contributed by atoms with Crippen LogP contribution in [0.4, 0.5) is 23.1 Å². The molecule has 1 aliphatic carbocycles. The van der Waals surface area contributed by atoms with Crippen molar-refractivity contribution in [2.75, 3.05) is 62.0 Å². The molecule has 13 heteroatoms. The zero-order valence-electron chi connectivity index (χ0n) is 22.9. The third-order valence-electron chi connectivity index (χ3n) is 6.55. The molecule has 2 aliphatic rings. The molecule has 0 atom stereocenters. The van der Waals surface area contributed by atoms with Crippen LogP contribution in [0.3, 0.4) is 0 Å². The third kappa shape index (κ3) is 6.83. The summed E-state index contributed by atoms with van der Waals surface area (Å²) < 4.78 is 11.1. The second-order valence-electron chi connectivity index (χ2n) is 9.69. The van der Waals surface area contributed by atoms with E-state index in [1.54, 1.807) is 4.90 Å².